The van der Waals surface area contributed by atoms with Gasteiger partial charge in [-0.25, -0.2) is 8.78 Å². The second kappa shape index (κ2) is 8.22. The first-order valence-electron chi connectivity index (χ1n) is 7.54. The van der Waals surface area contributed by atoms with Crippen molar-refractivity contribution in [2.45, 2.75) is 13.3 Å². The number of carbonyl (C=O) groups is 1. The van der Waals surface area contributed by atoms with Crippen LogP contribution in [0.15, 0.2) is 54.6 Å². The van der Waals surface area contributed by atoms with Crippen molar-refractivity contribution >= 4 is 12.0 Å². The van der Waals surface area contributed by atoms with E-state index in [9.17, 15) is 13.6 Å². The first-order chi connectivity index (χ1) is 11.1. The van der Waals surface area contributed by atoms with Crippen molar-refractivity contribution in [2.75, 3.05) is 13.1 Å². The lowest BCUT2D eigenvalue weighted by Crippen LogP contribution is -2.32. The fourth-order valence-electron chi connectivity index (χ4n) is 2.25. The molecule has 0 aromatic heterocycles. The highest BCUT2D eigenvalue weighted by Gasteiger charge is 2.15. The Kier molecular flexibility index (Phi) is 6.03. The zero-order valence-corrected chi connectivity index (χ0v) is 13.0. The molecule has 120 valence electrons. The third-order valence-electron chi connectivity index (χ3n) is 3.54. The van der Waals surface area contributed by atoms with Gasteiger partial charge < -0.3 is 4.90 Å². The predicted molar refractivity (Wildman–Crippen MR) is 87.8 cm³/mol. The minimum absolute atomic E-state index is 0.0838. The lowest BCUT2D eigenvalue weighted by molar-refractivity contribution is -0.129. The fourth-order valence-corrected chi connectivity index (χ4v) is 2.25. The Morgan fingerprint density at radius 2 is 1.83 bits per heavy atom. The number of rotatable bonds is 6. The van der Waals surface area contributed by atoms with Crippen molar-refractivity contribution in [3.8, 4) is 0 Å². The summed E-state index contributed by atoms with van der Waals surface area (Å²) < 4.78 is 26.8. The molecule has 0 unspecified atom stereocenters. The molecule has 0 spiro atoms. The van der Waals surface area contributed by atoms with Crippen molar-refractivity contribution in [3.05, 3.63) is 77.4 Å². The first-order valence-corrected chi connectivity index (χ1v) is 7.54. The molecular weight excluding hydrogens is 296 g/mol. The van der Waals surface area contributed by atoms with Crippen LogP contribution < -0.4 is 0 Å². The summed E-state index contributed by atoms with van der Waals surface area (Å²) in [6, 6.07) is 13.6. The molecule has 0 N–H and O–H groups in total. The third-order valence-corrected chi connectivity index (χ3v) is 3.54. The maximum Gasteiger partial charge on any atom is 0.227 e. The van der Waals surface area contributed by atoms with Crippen molar-refractivity contribution in [2.24, 2.45) is 0 Å². The van der Waals surface area contributed by atoms with E-state index in [0.717, 1.165) is 11.6 Å². The van der Waals surface area contributed by atoms with E-state index in [1.54, 1.807) is 4.90 Å². The Bertz CT molecular complexity index is 683. The standard InChI is InChI=1S/C19H19F2NO/c1-2-22(13-7-10-15-8-4-3-5-9-15)18(23)14-16-11-6-12-17(20)19(16)21/h3-12H,2,13-14H2,1H3. The molecular formula is C19H19F2NO. The number of halogens is 2. The van der Waals surface area contributed by atoms with Crippen LogP contribution >= 0.6 is 0 Å². The largest absolute Gasteiger partial charge is 0.339 e. The summed E-state index contributed by atoms with van der Waals surface area (Å²) in [5.41, 5.74) is 1.13. The van der Waals surface area contributed by atoms with Crippen molar-refractivity contribution in [3.63, 3.8) is 0 Å². The van der Waals surface area contributed by atoms with Gasteiger partial charge in [0, 0.05) is 18.7 Å². The summed E-state index contributed by atoms with van der Waals surface area (Å²) in [5, 5.41) is 0. The molecule has 0 saturated carbocycles. The molecule has 0 saturated heterocycles. The number of nitrogens with zero attached hydrogens (tertiary/aromatic N) is 1. The van der Waals surface area contributed by atoms with E-state index >= 15 is 0 Å². The van der Waals surface area contributed by atoms with Crippen LogP contribution in [-0.2, 0) is 11.2 Å². The predicted octanol–water partition coefficient (Wildman–Crippen LogP) is 4.07. The van der Waals surface area contributed by atoms with Gasteiger partial charge in [0.1, 0.15) is 0 Å². The Hall–Kier alpha value is -2.49. The Labute approximate surface area is 135 Å². The van der Waals surface area contributed by atoms with Crippen LogP contribution in [0.25, 0.3) is 6.08 Å². The zero-order chi connectivity index (χ0) is 16.7. The minimum atomic E-state index is -0.947. The summed E-state index contributed by atoms with van der Waals surface area (Å²) in [4.78, 5) is 13.9. The lowest BCUT2D eigenvalue weighted by atomic mass is 10.1. The highest BCUT2D eigenvalue weighted by molar-refractivity contribution is 5.79. The molecule has 0 heterocycles. The number of hydrogen-bond acceptors (Lipinski definition) is 1. The molecule has 0 bridgehead atoms. The molecule has 2 aromatic rings. The normalized spacial score (nSPS) is 10.9. The van der Waals surface area contributed by atoms with Gasteiger partial charge in [-0.2, -0.15) is 0 Å². The topological polar surface area (TPSA) is 20.3 Å². The molecule has 0 radical (unpaired) electrons. The first kappa shape index (κ1) is 16.9. The van der Waals surface area contributed by atoms with E-state index < -0.39 is 11.6 Å². The van der Waals surface area contributed by atoms with Gasteiger partial charge in [-0.3, -0.25) is 4.79 Å². The maximum absolute atomic E-state index is 13.6. The molecule has 23 heavy (non-hydrogen) atoms. The van der Waals surface area contributed by atoms with Crippen molar-refractivity contribution in [1.29, 1.82) is 0 Å². The van der Waals surface area contributed by atoms with Gasteiger partial charge in [0.2, 0.25) is 5.91 Å². The van der Waals surface area contributed by atoms with Crippen molar-refractivity contribution in [1.82, 2.24) is 4.90 Å². The summed E-state index contributed by atoms with van der Waals surface area (Å²) >= 11 is 0. The monoisotopic (exact) mass is 315 g/mol. The highest BCUT2D eigenvalue weighted by Crippen LogP contribution is 2.13. The smallest absolute Gasteiger partial charge is 0.227 e. The number of hydrogen-bond donors (Lipinski definition) is 0. The molecule has 0 fully saturated rings. The zero-order valence-electron chi connectivity index (χ0n) is 13.0. The van der Waals surface area contributed by atoms with E-state index in [-0.39, 0.29) is 17.9 Å². The van der Waals surface area contributed by atoms with E-state index in [1.165, 1.54) is 12.1 Å². The fraction of sp³-hybridized carbons (Fsp3) is 0.211. The maximum atomic E-state index is 13.6. The quantitative estimate of drug-likeness (QED) is 0.787. The second-order valence-electron chi connectivity index (χ2n) is 5.14. The van der Waals surface area contributed by atoms with Crippen LogP contribution in [0.3, 0.4) is 0 Å². The second-order valence-corrected chi connectivity index (χ2v) is 5.14. The number of amides is 1. The molecule has 0 aliphatic carbocycles. The summed E-state index contributed by atoms with van der Waals surface area (Å²) in [5.74, 6) is -2.10. The number of carbonyl (C=O) groups excluding carboxylic acids is 1. The Morgan fingerprint density at radius 1 is 1.09 bits per heavy atom. The van der Waals surface area contributed by atoms with Gasteiger partial charge in [-0.15, -0.1) is 0 Å². The number of likely N-dealkylation sites (N-methyl/N-ethyl adjacent to an activating group) is 1. The molecule has 2 nitrogen and oxygen atoms in total. The third kappa shape index (κ3) is 4.74. The molecule has 4 heteroatoms. The van der Waals surface area contributed by atoms with Gasteiger partial charge >= 0.3 is 0 Å². The van der Waals surface area contributed by atoms with E-state index in [4.69, 9.17) is 0 Å². The molecule has 2 aromatic carbocycles. The van der Waals surface area contributed by atoms with Crippen LogP contribution in [0.5, 0.6) is 0 Å². The van der Waals surface area contributed by atoms with E-state index in [0.29, 0.717) is 13.1 Å². The van der Waals surface area contributed by atoms with E-state index in [1.807, 2.05) is 49.4 Å². The van der Waals surface area contributed by atoms with Gasteiger partial charge in [-0.1, -0.05) is 54.6 Å². The summed E-state index contributed by atoms with van der Waals surface area (Å²) in [6.07, 6.45) is 3.67. The van der Waals surface area contributed by atoms with Crippen LogP contribution in [0.4, 0.5) is 8.78 Å². The van der Waals surface area contributed by atoms with Crippen LogP contribution in [-0.4, -0.2) is 23.9 Å². The molecule has 2 rings (SSSR count). The van der Waals surface area contributed by atoms with Crippen LogP contribution in [0.1, 0.15) is 18.1 Å². The molecule has 1 amide bonds. The highest BCUT2D eigenvalue weighted by atomic mass is 19.2. The van der Waals surface area contributed by atoms with Crippen LogP contribution in [0.2, 0.25) is 0 Å². The van der Waals surface area contributed by atoms with Crippen molar-refractivity contribution < 1.29 is 13.6 Å². The minimum Gasteiger partial charge on any atom is -0.339 e. The average molecular weight is 315 g/mol. The number of benzene rings is 2. The van der Waals surface area contributed by atoms with Gasteiger partial charge in [-0.05, 0) is 18.6 Å². The Morgan fingerprint density at radius 3 is 2.52 bits per heavy atom. The average Bonchev–Trinajstić information content (AvgIpc) is 2.56. The SMILES string of the molecule is CCN(CC=Cc1ccccc1)C(=O)Cc1cccc(F)c1F. The van der Waals surface area contributed by atoms with Gasteiger partial charge in [0.25, 0.3) is 0 Å². The molecule has 0 aliphatic heterocycles. The van der Waals surface area contributed by atoms with Gasteiger partial charge in [0.15, 0.2) is 11.6 Å². The molecule has 0 atom stereocenters. The lowest BCUT2D eigenvalue weighted by Gasteiger charge is -2.19. The van der Waals surface area contributed by atoms with Crippen LogP contribution in [0, 0.1) is 11.6 Å². The molecule has 0 aliphatic rings. The van der Waals surface area contributed by atoms with E-state index in [2.05, 4.69) is 0 Å². The summed E-state index contributed by atoms with van der Waals surface area (Å²) in [7, 11) is 0. The van der Waals surface area contributed by atoms with Gasteiger partial charge in [0.05, 0.1) is 6.42 Å². The summed E-state index contributed by atoms with van der Waals surface area (Å²) in [6.45, 7) is 2.80. The Balaban J connectivity index is 1.98.